The number of nitrogens with two attached hydrogens (primary N) is 1. The first kappa shape index (κ1) is 14.5. The SMILES string of the molecule is Nc1cccc(Cl)c1OCc1ccccc1C(F)(F)F. The van der Waals surface area contributed by atoms with Crippen LogP contribution >= 0.6 is 11.6 Å². The molecule has 0 heterocycles. The number of benzene rings is 2. The van der Waals surface area contributed by atoms with Crippen LogP contribution in [0.2, 0.25) is 5.02 Å². The lowest BCUT2D eigenvalue weighted by Gasteiger charge is -2.15. The minimum Gasteiger partial charge on any atom is -0.485 e. The molecule has 0 unspecified atom stereocenters. The Morgan fingerprint density at radius 1 is 1.05 bits per heavy atom. The summed E-state index contributed by atoms with van der Waals surface area (Å²) in [6.07, 6.45) is -4.42. The smallest absolute Gasteiger partial charge is 0.416 e. The molecule has 2 rings (SSSR count). The number of nitrogen functional groups attached to an aromatic ring is 1. The van der Waals surface area contributed by atoms with E-state index in [9.17, 15) is 13.2 Å². The summed E-state index contributed by atoms with van der Waals surface area (Å²) in [6, 6.07) is 9.97. The van der Waals surface area contributed by atoms with Crippen molar-refractivity contribution in [3.05, 3.63) is 58.6 Å². The van der Waals surface area contributed by atoms with Gasteiger partial charge in [0.2, 0.25) is 0 Å². The number of hydrogen-bond acceptors (Lipinski definition) is 2. The molecule has 106 valence electrons. The van der Waals surface area contributed by atoms with E-state index in [0.29, 0.717) is 0 Å². The third-order valence-electron chi connectivity index (χ3n) is 2.69. The van der Waals surface area contributed by atoms with Crippen molar-refractivity contribution in [2.24, 2.45) is 0 Å². The second-order valence-electron chi connectivity index (χ2n) is 4.10. The number of halogens is 4. The third-order valence-corrected chi connectivity index (χ3v) is 2.99. The fourth-order valence-electron chi connectivity index (χ4n) is 1.75. The molecule has 0 amide bonds. The minimum atomic E-state index is -4.42. The number of anilines is 1. The van der Waals surface area contributed by atoms with E-state index in [4.69, 9.17) is 22.1 Å². The summed E-state index contributed by atoms with van der Waals surface area (Å²) in [5, 5.41) is 0.259. The van der Waals surface area contributed by atoms with Crippen LogP contribution in [-0.2, 0) is 12.8 Å². The lowest BCUT2D eigenvalue weighted by Crippen LogP contribution is -2.11. The predicted octanol–water partition coefficient (Wildman–Crippen LogP) is 4.52. The normalized spacial score (nSPS) is 11.4. The second-order valence-corrected chi connectivity index (χ2v) is 4.51. The summed E-state index contributed by atoms with van der Waals surface area (Å²) in [4.78, 5) is 0. The summed E-state index contributed by atoms with van der Waals surface area (Å²) in [6.45, 7) is -0.260. The number of ether oxygens (including phenoxy) is 1. The summed E-state index contributed by atoms with van der Waals surface area (Å²) < 4.78 is 43.8. The number of hydrogen-bond donors (Lipinski definition) is 1. The van der Waals surface area contributed by atoms with E-state index in [1.807, 2.05) is 0 Å². The van der Waals surface area contributed by atoms with Crippen LogP contribution < -0.4 is 10.5 Å². The van der Waals surface area contributed by atoms with Gasteiger partial charge in [-0.25, -0.2) is 0 Å². The molecule has 0 spiro atoms. The van der Waals surface area contributed by atoms with Gasteiger partial charge in [-0.15, -0.1) is 0 Å². The Morgan fingerprint density at radius 2 is 1.75 bits per heavy atom. The Kier molecular flexibility index (Phi) is 4.09. The van der Waals surface area contributed by atoms with Crippen molar-refractivity contribution >= 4 is 17.3 Å². The first-order valence-electron chi connectivity index (χ1n) is 5.71. The molecule has 0 radical (unpaired) electrons. The third kappa shape index (κ3) is 3.17. The molecular weight excluding hydrogens is 291 g/mol. The standard InChI is InChI=1S/C14H11ClF3NO/c15-11-6-3-7-12(19)13(11)20-8-9-4-1-2-5-10(9)14(16,17)18/h1-7H,8,19H2. The highest BCUT2D eigenvalue weighted by atomic mass is 35.5. The number of alkyl halides is 3. The lowest BCUT2D eigenvalue weighted by atomic mass is 10.1. The van der Waals surface area contributed by atoms with Crippen molar-refractivity contribution in [1.82, 2.24) is 0 Å². The first-order chi connectivity index (χ1) is 9.39. The van der Waals surface area contributed by atoms with E-state index >= 15 is 0 Å². The zero-order valence-corrected chi connectivity index (χ0v) is 11.0. The highest BCUT2D eigenvalue weighted by Crippen LogP contribution is 2.34. The van der Waals surface area contributed by atoms with Crippen LogP contribution in [-0.4, -0.2) is 0 Å². The fourth-order valence-corrected chi connectivity index (χ4v) is 1.99. The minimum absolute atomic E-state index is 0.0271. The zero-order valence-electron chi connectivity index (χ0n) is 10.2. The average molecular weight is 302 g/mol. The molecule has 0 aromatic heterocycles. The summed E-state index contributed by atoms with van der Waals surface area (Å²) in [7, 11) is 0. The Morgan fingerprint density at radius 3 is 2.40 bits per heavy atom. The van der Waals surface area contributed by atoms with Crippen LogP contribution in [0.5, 0.6) is 5.75 Å². The zero-order chi connectivity index (χ0) is 14.8. The maximum absolute atomic E-state index is 12.8. The van der Waals surface area contributed by atoms with Gasteiger partial charge in [0.1, 0.15) is 6.61 Å². The van der Waals surface area contributed by atoms with Crippen LogP contribution in [0, 0.1) is 0 Å². The molecule has 0 aliphatic rings. The monoisotopic (exact) mass is 301 g/mol. The van der Waals surface area contributed by atoms with Crippen LogP contribution in [0.4, 0.5) is 18.9 Å². The van der Waals surface area contributed by atoms with Gasteiger partial charge in [0.15, 0.2) is 5.75 Å². The number of rotatable bonds is 3. The molecule has 2 aromatic carbocycles. The molecule has 2 nitrogen and oxygen atoms in total. The highest BCUT2D eigenvalue weighted by molar-refractivity contribution is 6.32. The van der Waals surface area contributed by atoms with Gasteiger partial charge in [-0.1, -0.05) is 35.9 Å². The molecule has 0 fully saturated rings. The predicted molar refractivity (Wildman–Crippen MR) is 71.6 cm³/mol. The Hall–Kier alpha value is -1.88. The Balaban J connectivity index is 2.24. The maximum Gasteiger partial charge on any atom is 0.416 e. The van der Waals surface area contributed by atoms with Crippen molar-refractivity contribution < 1.29 is 17.9 Å². The average Bonchev–Trinajstić information content (AvgIpc) is 2.37. The van der Waals surface area contributed by atoms with Crippen molar-refractivity contribution in [2.45, 2.75) is 12.8 Å². The molecule has 0 aliphatic carbocycles. The van der Waals surface area contributed by atoms with Crippen LogP contribution in [0.15, 0.2) is 42.5 Å². The van der Waals surface area contributed by atoms with Gasteiger partial charge in [0.25, 0.3) is 0 Å². The summed E-state index contributed by atoms with van der Waals surface area (Å²) >= 11 is 5.90. The van der Waals surface area contributed by atoms with Crippen molar-refractivity contribution in [3.8, 4) is 5.75 Å². The summed E-state index contributed by atoms with van der Waals surface area (Å²) in [5.41, 5.74) is 5.25. The molecule has 0 bridgehead atoms. The van der Waals surface area contributed by atoms with Crippen molar-refractivity contribution in [3.63, 3.8) is 0 Å². The molecular formula is C14H11ClF3NO. The molecule has 6 heteroatoms. The van der Waals surface area contributed by atoms with Gasteiger partial charge >= 0.3 is 6.18 Å². The van der Waals surface area contributed by atoms with Crippen molar-refractivity contribution in [1.29, 1.82) is 0 Å². The van der Waals surface area contributed by atoms with Gasteiger partial charge in [-0.3, -0.25) is 0 Å². The summed E-state index contributed by atoms with van der Waals surface area (Å²) in [5.74, 6) is 0.186. The highest BCUT2D eigenvalue weighted by Gasteiger charge is 2.33. The fraction of sp³-hybridized carbons (Fsp3) is 0.143. The Labute approximate surface area is 118 Å². The van der Waals surface area contributed by atoms with E-state index < -0.39 is 11.7 Å². The maximum atomic E-state index is 12.8. The largest absolute Gasteiger partial charge is 0.485 e. The first-order valence-corrected chi connectivity index (χ1v) is 6.09. The van der Waals surface area contributed by atoms with E-state index in [2.05, 4.69) is 0 Å². The quantitative estimate of drug-likeness (QED) is 0.846. The second kappa shape index (κ2) is 5.63. The van der Waals surface area contributed by atoms with E-state index in [0.717, 1.165) is 6.07 Å². The molecule has 2 aromatic rings. The molecule has 0 saturated carbocycles. The molecule has 20 heavy (non-hydrogen) atoms. The molecule has 0 atom stereocenters. The topological polar surface area (TPSA) is 35.2 Å². The number of para-hydroxylation sites is 1. The van der Waals surface area contributed by atoms with Crippen molar-refractivity contribution in [2.75, 3.05) is 5.73 Å². The van der Waals surface area contributed by atoms with E-state index in [-0.39, 0.29) is 28.6 Å². The Bertz CT molecular complexity index is 593. The molecule has 0 aliphatic heterocycles. The van der Waals surface area contributed by atoms with Crippen LogP contribution in [0.25, 0.3) is 0 Å². The van der Waals surface area contributed by atoms with Gasteiger partial charge in [0.05, 0.1) is 16.3 Å². The molecule has 0 saturated heterocycles. The van der Waals surface area contributed by atoms with Gasteiger partial charge in [-0.2, -0.15) is 13.2 Å². The van der Waals surface area contributed by atoms with Gasteiger partial charge in [0, 0.05) is 5.56 Å². The van der Waals surface area contributed by atoms with Crippen LogP contribution in [0.3, 0.4) is 0 Å². The van der Waals surface area contributed by atoms with E-state index in [1.165, 1.54) is 18.2 Å². The van der Waals surface area contributed by atoms with Gasteiger partial charge < -0.3 is 10.5 Å². The van der Waals surface area contributed by atoms with Crippen LogP contribution in [0.1, 0.15) is 11.1 Å². The van der Waals surface area contributed by atoms with Gasteiger partial charge in [-0.05, 0) is 18.2 Å². The molecule has 2 N–H and O–H groups in total. The van der Waals surface area contributed by atoms with E-state index in [1.54, 1.807) is 18.2 Å². The lowest BCUT2D eigenvalue weighted by molar-refractivity contribution is -0.138.